The molecule has 3 rings (SSSR count). The zero-order valence-electron chi connectivity index (χ0n) is 15.9. The molecule has 5 nitrogen and oxygen atoms in total. The highest BCUT2D eigenvalue weighted by molar-refractivity contribution is 14.0. The van der Waals surface area contributed by atoms with Crippen LogP contribution in [0.1, 0.15) is 30.3 Å². The topological polar surface area (TPSA) is 52.6 Å². The molecule has 0 saturated carbocycles. The second-order valence-electron chi connectivity index (χ2n) is 6.70. The van der Waals surface area contributed by atoms with Gasteiger partial charge < -0.3 is 10.6 Å². The molecule has 1 fully saturated rings. The Morgan fingerprint density at radius 1 is 1.22 bits per heavy atom. The van der Waals surface area contributed by atoms with E-state index >= 15 is 0 Å². The molecule has 0 atom stereocenters. The minimum absolute atomic E-state index is 0. The van der Waals surface area contributed by atoms with E-state index < -0.39 is 0 Å². The van der Waals surface area contributed by atoms with Crippen LogP contribution >= 0.6 is 35.3 Å². The zero-order valence-corrected chi connectivity index (χ0v) is 19.1. The largest absolute Gasteiger partial charge is 0.357 e. The maximum absolute atomic E-state index is 4.66. The van der Waals surface area contributed by atoms with E-state index in [2.05, 4.69) is 49.9 Å². The number of pyridine rings is 1. The highest BCUT2D eigenvalue weighted by Crippen LogP contribution is 2.20. The number of thiophene rings is 1. The van der Waals surface area contributed by atoms with Gasteiger partial charge in [0.2, 0.25) is 0 Å². The van der Waals surface area contributed by atoms with Gasteiger partial charge in [0.1, 0.15) is 0 Å². The number of hydrogen-bond donors (Lipinski definition) is 2. The second-order valence-corrected chi connectivity index (χ2v) is 7.73. The number of piperidine rings is 1. The van der Waals surface area contributed by atoms with Crippen molar-refractivity contribution in [3.05, 3.63) is 52.5 Å². The number of guanidine groups is 1. The number of halogens is 1. The molecule has 0 aromatic carbocycles. The molecule has 0 aliphatic carbocycles. The Hall–Kier alpha value is -1.19. The van der Waals surface area contributed by atoms with E-state index in [1.807, 2.05) is 35.7 Å². The van der Waals surface area contributed by atoms with E-state index in [9.17, 15) is 0 Å². The van der Waals surface area contributed by atoms with Gasteiger partial charge in [0.25, 0.3) is 0 Å². The number of aromatic nitrogens is 1. The van der Waals surface area contributed by atoms with Crippen LogP contribution in [0.2, 0.25) is 0 Å². The molecule has 2 N–H and O–H groups in total. The van der Waals surface area contributed by atoms with Crippen molar-refractivity contribution in [1.29, 1.82) is 0 Å². The lowest BCUT2D eigenvalue weighted by atomic mass is 9.97. The Kier molecular flexibility index (Phi) is 10.1. The molecule has 148 valence electrons. The first kappa shape index (κ1) is 22.1. The van der Waals surface area contributed by atoms with Crippen molar-refractivity contribution in [1.82, 2.24) is 20.5 Å². The molecule has 0 unspecified atom stereocenters. The third-order valence-electron chi connectivity index (χ3n) is 4.69. The summed E-state index contributed by atoms with van der Waals surface area (Å²) >= 11 is 1.86. The minimum Gasteiger partial charge on any atom is -0.357 e. The van der Waals surface area contributed by atoms with E-state index in [0.29, 0.717) is 12.5 Å². The molecule has 3 heterocycles. The first-order chi connectivity index (χ1) is 12.8. The maximum Gasteiger partial charge on any atom is 0.191 e. The molecule has 2 aromatic rings. The SMILES string of the molecule is CCNC(=NCc1ccccn1)NCC1CCN(Cc2cccs2)CC1.I. The van der Waals surface area contributed by atoms with Crippen LogP contribution in [-0.2, 0) is 13.1 Å². The number of rotatable bonds is 7. The van der Waals surface area contributed by atoms with Crippen LogP contribution in [0.25, 0.3) is 0 Å². The van der Waals surface area contributed by atoms with E-state index in [1.54, 1.807) is 0 Å². The van der Waals surface area contributed by atoms with Gasteiger partial charge in [-0.05, 0) is 62.4 Å². The van der Waals surface area contributed by atoms with Gasteiger partial charge in [0, 0.05) is 30.7 Å². The molecule has 1 aliphatic rings. The fourth-order valence-corrected chi connectivity index (χ4v) is 3.95. The van der Waals surface area contributed by atoms with Crippen LogP contribution in [-0.4, -0.2) is 42.0 Å². The van der Waals surface area contributed by atoms with Crippen LogP contribution in [0, 0.1) is 5.92 Å². The summed E-state index contributed by atoms with van der Waals surface area (Å²) < 4.78 is 0. The summed E-state index contributed by atoms with van der Waals surface area (Å²) in [4.78, 5) is 13.0. The Bertz CT molecular complexity index is 654. The number of nitrogens with zero attached hydrogens (tertiary/aromatic N) is 3. The molecule has 0 spiro atoms. The van der Waals surface area contributed by atoms with Crippen molar-refractivity contribution in [2.24, 2.45) is 10.9 Å². The standard InChI is InChI=1S/C20H29N5S.HI/c1-2-21-20(24-15-18-6-3-4-10-22-18)23-14-17-8-11-25(12-9-17)16-19-7-5-13-26-19;/h3-7,10,13,17H,2,8-9,11-12,14-16H2,1H3,(H2,21,23,24);1H. The van der Waals surface area contributed by atoms with Crippen molar-refractivity contribution >= 4 is 41.3 Å². The number of hydrogen-bond acceptors (Lipinski definition) is 4. The summed E-state index contributed by atoms with van der Waals surface area (Å²) in [5.41, 5.74) is 0.992. The molecule has 7 heteroatoms. The number of likely N-dealkylation sites (tertiary alicyclic amines) is 1. The van der Waals surface area contributed by atoms with Gasteiger partial charge in [0.05, 0.1) is 12.2 Å². The smallest absolute Gasteiger partial charge is 0.191 e. The van der Waals surface area contributed by atoms with Crippen LogP contribution < -0.4 is 10.6 Å². The van der Waals surface area contributed by atoms with Crippen molar-refractivity contribution in [2.45, 2.75) is 32.9 Å². The van der Waals surface area contributed by atoms with Gasteiger partial charge >= 0.3 is 0 Å². The van der Waals surface area contributed by atoms with E-state index in [-0.39, 0.29) is 24.0 Å². The number of nitrogens with one attached hydrogen (secondary N) is 2. The Morgan fingerprint density at radius 2 is 2.07 bits per heavy atom. The van der Waals surface area contributed by atoms with E-state index in [4.69, 9.17) is 0 Å². The summed E-state index contributed by atoms with van der Waals surface area (Å²) in [6, 6.07) is 10.3. The lowest BCUT2D eigenvalue weighted by molar-refractivity contribution is 0.179. The van der Waals surface area contributed by atoms with Gasteiger partial charge in [-0.2, -0.15) is 0 Å². The van der Waals surface area contributed by atoms with Crippen molar-refractivity contribution in [3.8, 4) is 0 Å². The van der Waals surface area contributed by atoms with E-state index in [1.165, 1.54) is 30.8 Å². The van der Waals surface area contributed by atoms with Crippen molar-refractivity contribution < 1.29 is 0 Å². The minimum atomic E-state index is 0. The Labute approximate surface area is 183 Å². The second kappa shape index (κ2) is 12.3. The summed E-state index contributed by atoms with van der Waals surface area (Å²) in [5.74, 6) is 1.60. The Balaban J connectivity index is 0.00000261. The van der Waals surface area contributed by atoms with Crippen molar-refractivity contribution in [3.63, 3.8) is 0 Å². The van der Waals surface area contributed by atoms with Crippen LogP contribution in [0.5, 0.6) is 0 Å². The molecule has 0 bridgehead atoms. The Morgan fingerprint density at radius 3 is 2.74 bits per heavy atom. The first-order valence-electron chi connectivity index (χ1n) is 9.50. The highest BCUT2D eigenvalue weighted by Gasteiger charge is 2.19. The maximum atomic E-state index is 4.66. The van der Waals surface area contributed by atoms with E-state index in [0.717, 1.165) is 31.3 Å². The average Bonchev–Trinajstić information content (AvgIpc) is 3.19. The first-order valence-corrected chi connectivity index (χ1v) is 10.4. The monoisotopic (exact) mass is 499 g/mol. The summed E-state index contributed by atoms with van der Waals surface area (Å²) in [6.07, 6.45) is 4.31. The van der Waals surface area contributed by atoms with Crippen LogP contribution in [0.15, 0.2) is 46.9 Å². The van der Waals surface area contributed by atoms with Gasteiger partial charge in [-0.25, -0.2) is 4.99 Å². The summed E-state index contributed by atoms with van der Waals surface area (Å²) in [6.45, 7) is 8.04. The molecule has 1 saturated heterocycles. The van der Waals surface area contributed by atoms with Gasteiger partial charge in [-0.1, -0.05) is 12.1 Å². The highest BCUT2D eigenvalue weighted by atomic mass is 127. The van der Waals surface area contributed by atoms with Crippen LogP contribution in [0.3, 0.4) is 0 Å². The number of aliphatic imine (C=N–C) groups is 1. The van der Waals surface area contributed by atoms with Crippen LogP contribution in [0.4, 0.5) is 0 Å². The predicted molar refractivity (Wildman–Crippen MR) is 125 cm³/mol. The molecular weight excluding hydrogens is 469 g/mol. The quantitative estimate of drug-likeness (QED) is 0.347. The molecule has 0 radical (unpaired) electrons. The average molecular weight is 499 g/mol. The predicted octanol–water partition coefficient (Wildman–Crippen LogP) is 3.73. The molecular formula is C20H30IN5S. The molecule has 0 amide bonds. The summed E-state index contributed by atoms with van der Waals surface area (Å²) in [7, 11) is 0. The zero-order chi connectivity index (χ0) is 18.0. The van der Waals surface area contributed by atoms with Crippen molar-refractivity contribution in [2.75, 3.05) is 26.2 Å². The van der Waals surface area contributed by atoms with Gasteiger partial charge in [-0.15, -0.1) is 35.3 Å². The lowest BCUT2D eigenvalue weighted by Gasteiger charge is -2.32. The molecule has 27 heavy (non-hydrogen) atoms. The third kappa shape index (κ3) is 7.75. The molecule has 2 aromatic heterocycles. The van der Waals surface area contributed by atoms with Gasteiger partial charge in [0.15, 0.2) is 5.96 Å². The fraction of sp³-hybridized carbons (Fsp3) is 0.500. The normalized spacial score (nSPS) is 16.0. The lowest BCUT2D eigenvalue weighted by Crippen LogP contribution is -2.42. The van der Waals surface area contributed by atoms with Gasteiger partial charge in [-0.3, -0.25) is 9.88 Å². The summed E-state index contributed by atoms with van der Waals surface area (Å²) in [5, 5.41) is 9.01. The molecule has 1 aliphatic heterocycles. The fourth-order valence-electron chi connectivity index (χ4n) is 3.21. The third-order valence-corrected chi connectivity index (χ3v) is 5.56.